The highest BCUT2D eigenvalue weighted by Gasteiger charge is 2.26. The van der Waals surface area contributed by atoms with Crippen LogP contribution in [0.25, 0.3) is 11.4 Å². The molecule has 0 bridgehead atoms. The Morgan fingerprint density at radius 3 is 2.68 bits per heavy atom. The number of carbonyl (C=O) groups excluding carboxylic acids is 1. The monoisotopic (exact) mass is 538 g/mol. The van der Waals surface area contributed by atoms with E-state index in [0.29, 0.717) is 40.4 Å². The third-order valence-corrected chi connectivity index (χ3v) is 7.24. The molecule has 8 nitrogen and oxygen atoms in total. The molecule has 1 aliphatic heterocycles. The van der Waals surface area contributed by atoms with Crippen LogP contribution in [-0.4, -0.2) is 43.6 Å². The van der Waals surface area contributed by atoms with E-state index >= 15 is 0 Å². The van der Waals surface area contributed by atoms with Gasteiger partial charge in [0, 0.05) is 42.0 Å². The molecule has 2 aromatic heterocycles. The third kappa shape index (κ3) is 6.39. The molecule has 0 saturated carbocycles. The zero-order valence-corrected chi connectivity index (χ0v) is 22.0. The second kappa shape index (κ2) is 11.5. The average molecular weight is 539 g/mol. The number of amides is 1. The lowest BCUT2D eigenvalue weighted by molar-refractivity contribution is -0.126. The number of imidazole rings is 1. The van der Waals surface area contributed by atoms with Crippen molar-refractivity contribution in [3.63, 3.8) is 0 Å². The fourth-order valence-corrected chi connectivity index (χ4v) is 5.08. The fourth-order valence-electron chi connectivity index (χ4n) is 4.58. The summed E-state index contributed by atoms with van der Waals surface area (Å²) in [5.41, 5.74) is 2.96. The Bertz CT molecular complexity index is 1380. The minimum absolute atomic E-state index is 0.000786. The van der Waals surface area contributed by atoms with Gasteiger partial charge in [-0.1, -0.05) is 52.6 Å². The van der Waals surface area contributed by atoms with E-state index in [1.165, 1.54) is 5.56 Å². The van der Waals surface area contributed by atoms with Gasteiger partial charge in [-0.3, -0.25) is 9.69 Å². The Labute approximate surface area is 225 Å². The Morgan fingerprint density at radius 2 is 1.92 bits per heavy atom. The normalized spacial score (nSPS) is 14.7. The van der Waals surface area contributed by atoms with Gasteiger partial charge in [0.25, 0.3) is 0 Å². The molecule has 1 saturated heterocycles. The zero-order chi connectivity index (χ0) is 25.8. The van der Waals surface area contributed by atoms with E-state index in [2.05, 4.69) is 42.0 Å². The minimum Gasteiger partial charge on any atom is -0.352 e. The van der Waals surface area contributed by atoms with Crippen molar-refractivity contribution in [1.29, 1.82) is 0 Å². The number of hydrogen-bond acceptors (Lipinski definition) is 6. The predicted molar refractivity (Wildman–Crippen MR) is 142 cm³/mol. The lowest BCUT2D eigenvalue weighted by Gasteiger charge is -2.30. The molecule has 0 spiro atoms. The molecule has 192 valence electrons. The number of halogens is 2. The first-order valence-corrected chi connectivity index (χ1v) is 13.0. The minimum atomic E-state index is -0.000786. The number of likely N-dealkylation sites (tertiary alicyclic amines) is 1. The highest BCUT2D eigenvalue weighted by atomic mass is 35.5. The molecule has 0 atom stereocenters. The number of hydrogen-bond donors (Lipinski definition) is 1. The molecule has 1 aliphatic rings. The number of aromatic nitrogens is 4. The van der Waals surface area contributed by atoms with Crippen molar-refractivity contribution in [1.82, 2.24) is 29.9 Å². The summed E-state index contributed by atoms with van der Waals surface area (Å²) in [5.74, 6) is 2.05. The van der Waals surface area contributed by atoms with E-state index in [4.69, 9.17) is 27.7 Å². The van der Waals surface area contributed by atoms with Crippen molar-refractivity contribution in [2.45, 2.75) is 39.4 Å². The van der Waals surface area contributed by atoms with E-state index in [-0.39, 0.29) is 11.8 Å². The molecule has 0 aliphatic carbocycles. The Morgan fingerprint density at radius 1 is 1.11 bits per heavy atom. The van der Waals surface area contributed by atoms with Gasteiger partial charge in [0.1, 0.15) is 5.82 Å². The molecule has 2 aromatic carbocycles. The van der Waals surface area contributed by atoms with Crippen LogP contribution in [0.5, 0.6) is 0 Å². The first kappa shape index (κ1) is 25.4. The second-order valence-corrected chi connectivity index (χ2v) is 10.2. The summed E-state index contributed by atoms with van der Waals surface area (Å²) in [7, 11) is 0. The van der Waals surface area contributed by atoms with Crippen LogP contribution in [0.3, 0.4) is 0 Å². The number of piperidine rings is 1. The second-order valence-electron chi connectivity index (χ2n) is 9.33. The Kier molecular flexibility index (Phi) is 7.88. The average Bonchev–Trinajstić information content (AvgIpc) is 3.52. The SMILES string of the molecule is Cc1nccn1Cc1cccc(CNC(=O)C2CCN(Cc3nc(-c4ccc(Cl)cc4Cl)no3)CC2)c1. The van der Waals surface area contributed by atoms with Crippen LogP contribution in [0.2, 0.25) is 10.0 Å². The lowest BCUT2D eigenvalue weighted by Crippen LogP contribution is -2.40. The molecular formula is C27H28Cl2N6O2. The Hall–Kier alpha value is -3.20. The number of nitrogens with zero attached hydrogens (tertiary/aromatic N) is 5. The number of aryl methyl sites for hydroxylation is 1. The molecule has 37 heavy (non-hydrogen) atoms. The van der Waals surface area contributed by atoms with Crippen LogP contribution in [0.4, 0.5) is 0 Å². The van der Waals surface area contributed by atoms with Crippen LogP contribution < -0.4 is 5.32 Å². The highest BCUT2D eigenvalue weighted by molar-refractivity contribution is 6.36. The highest BCUT2D eigenvalue weighted by Crippen LogP contribution is 2.29. The molecule has 0 radical (unpaired) electrons. The quantitative estimate of drug-likeness (QED) is 0.334. The van der Waals surface area contributed by atoms with Crippen molar-refractivity contribution in [2.24, 2.45) is 5.92 Å². The van der Waals surface area contributed by atoms with Gasteiger partial charge < -0.3 is 14.4 Å². The van der Waals surface area contributed by atoms with Gasteiger partial charge in [0.2, 0.25) is 17.6 Å². The smallest absolute Gasteiger partial charge is 0.241 e. The van der Waals surface area contributed by atoms with E-state index < -0.39 is 0 Å². The maximum Gasteiger partial charge on any atom is 0.241 e. The van der Waals surface area contributed by atoms with Crippen molar-refractivity contribution in [2.75, 3.05) is 13.1 Å². The summed E-state index contributed by atoms with van der Waals surface area (Å²) in [6.07, 6.45) is 5.36. The standard InChI is InChI=1S/C27H28Cl2N6O2/c1-18-30-9-12-35(18)16-20-4-2-3-19(13-20)15-31-27(36)21-7-10-34(11-8-21)17-25-32-26(33-37-25)23-6-5-22(28)14-24(23)29/h2-6,9,12-14,21H,7-8,10-11,15-17H2,1H3,(H,31,36). The molecule has 0 unspecified atom stereocenters. The van der Waals surface area contributed by atoms with Gasteiger partial charge in [-0.05, 0) is 62.2 Å². The van der Waals surface area contributed by atoms with E-state index in [0.717, 1.165) is 43.9 Å². The van der Waals surface area contributed by atoms with E-state index in [1.54, 1.807) is 24.4 Å². The van der Waals surface area contributed by atoms with Crippen molar-refractivity contribution < 1.29 is 9.32 Å². The van der Waals surface area contributed by atoms with Crippen molar-refractivity contribution in [3.8, 4) is 11.4 Å². The van der Waals surface area contributed by atoms with Crippen LogP contribution in [-0.2, 0) is 24.4 Å². The number of carbonyl (C=O) groups is 1. The molecule has 3 heterocycles. The van der Waals surface area contributed by atoms with E-state index in [1.807, 2.05) is 25.3 Å². The summed E-state index contributed by atoms with van der Waals surface area (Å²) in [6, 6.07) is 13.5. The largest absolute Gasteiger partial charge is 0.352 e. The van der Waals surface area contributed by atoms with Crippen LogP contribution in [0.15, 0.2) is 59.4 Å². The Balaban J connectivity index is 1.09. The number of benzene rings is 2. The summed E-state index contributed by atoms with van der Waals surface area (Å²) < 4.78 is 7.54. The summed E-state index contributed by atoms with van der Waals surface area (Å²) in [4.78, 5) is 23.8. The van der Waals surface area contributed by atoms with Gasteiger partial charge in [-0.2, -0.15) is 4.98 Å². The third-order valence-electron chi connectivity index (χ3n) is 6.69. The van der Waals surface area contributed by atoms with Crippen LogP contribution >= 0.6 is 23.2 Å². The first-order chi connectivity index (χ1) is 17.9. The van der Waals surface area contributed by atoms with Gasteiger partial charge in [0.05, 0.1) is 11.6 Å². The number of nitrogens with one attached hydrogen (secondary N) is 1. The maximum absolute atomic E-state index is 12.8. The summed E-state index contributed by atoms with van der Waals surface area (Å²) in [5, 5.41) is 8.22. The molecule has 1 amide bonds. The molecule has 1 N–H and O–H groups in total. The molecule has 5 rings (SSSR count). The number of rotatable bonds is 8. The molecule has 10 heteroatoms. The van der Waals surface area contributed by atoms with Crippen LogP contribution in [0.1, 0.15) is 35.7 Å². The molecular weight excluding hydrogens is 511 g/mol. The van der Waals surface area contributed by atoms with Gasteiger partial charge in [0.15, 0.2) is 0 Å². The fraction of sp³-hybridized carbons (Fsp3) is 0.333. The maximum atomic E-state index is 12.8. The first-order valence-electron chi connectivity index (χ1n) is 12.3. The topological polar surface area (TPSA) is 89.1 Å². The van der Waals surface area contributed by atoms with E-state index in [9.17, 15) is 4.79 Å². The van der Waals surface area contributed by atoms with Crippen LogP contribution in [0, 0.1) is 12.8 Å². The van der Waals surface area contributed by atoms with Crippen molar-refractivity contribution in [3.05, 3.63) is 87.7 Å². The summed E-state index contributed by atoms with van der Waals surface area (Å²) in [6.45, 7) is 5.39. The van der Waals surface area contributed by atoms with Gasteiger partial charge in [-0.15, -0.1) is 0 Å². The molecule has 4 aromatic rings. The van der Waals surface area contributed by atoms with Crippen molar-refractivity contribution >= 4 is 29.1 Å². The van der Waals surface area contributed by atoms with Gasteiger partial charge >= 0.3 is 0 Å². The predicted octanol–water partition coefficient (Wildman–Crippen LogP) is 5.13. The molecule has 1 fully saturated rings. The lowest BCUT2D eigenvalue weighted by atomic mass is 9.96. The zero-order valence-electron chi connectivity index (χ0n) is 20.5. The van der Waals surface area contributed by atoms with Gasteiger partial charge in [-0.25, -0.2) is 4.98 Å². The summed E-state index contributed by atoms with van der Waals surface area (Å²) >= 11 is 12.2.